The van der Waals surface area contributed by atoms with Crippen molar-refractivity contribution < 1.29 is 49.6 Å². The molecule has 0 spiro atoms. The smallest absolute Gasteiger partial charge is 0.391 e. The van der Waals surface area contributed by atoms with Gasteiger partial charge in [-0.05, 0) is 49.9 Å². The first-order valence-electron chi connectivity index (χ1n) is 23.0. The number of nitrogens with zero attached hydrogens (tertiary/aromatic N) is 11. The lowest BCUT2D eigenvalue weighted by Crippen LogP contribution is -2.56. The Hall–Kier alpha value is -7.73. The van der Waals surface area contributed by atoms with Gasteiger partial charge in [0.15, 0.2) is 46.6 Å². The zero-order valence-electron chi connectivity index (χ0n) is 39.5. The predicted molar refractivity (Wildman–Crippen MR) is 251 cm³/mol. The van der Waals surface area contributed by atoms with Crippen molar-refractivity contribution >= 4 is 52.2 Å². The van der Waals surface area contributed by atoms with E-state index in [1.165, 1.54) is 23.5 Å². The Bertz CT molecular complexity index is 2930. The minimum absolute atomic E-state index is 0.150. The molecule has 4 bridgehead atoms. The number of aryl methyl sites for hydroxylation is 2. The van der Waals surface area contributed by atoms with E-state index in [1.54, 1.807) is 50.6 Å². The third kappa shape index (κ3) is 11.9. The number of aromatic nitrogens is 8. The number of hydrogen-bond acceptors (Lipinski definition) is 17. The number of halogens is 6. The molecule has 0 aliphatic carbocycles. The Morgan fingerprint density at radius 2 is 1.29 bits per heavy atom. The summed E-state index contributed by atoms with van der Waals surface area (Å²) in [4.78, 5) is 76.3. The van der Waals surface area contributed by atoms with Gasteiger partial charge < -0.3 is 29.7 Å². The van der Waals surface area contributed by atoms with Gasteiger partial charge in [0, 0.05) is 82.4 Å². The van der Waals surface area contributed by atoms with Gasteiger partial charge in [-0.3, -0.25) is 19.8 Å². The number of nitrogen functional groups attached to an aromatic ring is 1. The Morgan fingerprint density at radius 1 is 0.736 bits per heavy atom. The van der Waals surface area contributed by atoms with Crippen molar-refractivity contribution in [1.29, 1.82) is 0 Å². The molecule has 10 heterocycles. The zero-order chi connectivity index (χ0) is 51.5. The number of alkyl halides is 6. The molecule has 10 rings (SSSR count). The standard InChI is InChI=1S/C24H24F3N7O3.C14H17F3N4O.C9H9N3O/c1-13(24(25,26)27)8-18(35)21-30-10-17-22(32-21)34(16-4-3-7-33(17)12-16)23(36)31-20-9-15(5-6-28-20)19-11-29-14(2)37-19;1-8(14(15,16)17)5-11(22)13-18-6-10-12(20-13)19-9-3-2-4-21(10)7-9;1-6-12-5-8(13-6)7-2-3-11-9(10)4-7/h5-6,9-11,13,16H,3-4,7-8,12H2,1-2H3,(H,28,31,36);6,8-9H,2-5,7H2,1H3,(H,18,19,20);2-5H,1H3,(H2,10,11)/t13-,16-;8-,9-;/m00./s1. The number of carbonyl (C=O) groups is 3. The molecule has 19 nitrogen and oxygen atoms in total. The average Bonchev–Trinajstić information content (AvgIpc) is 3.99. The minimum atomic E-state index is -4.51. The van der Waals surface area contributed by atoms with Crippen LogP contribution in [0.3, 0.4) is 0 Å². The first-order valence-corrected chi connectivity index (χ1v) is 23.0. The lowest BCUT2D eigenvalue weighted by molar-refractivity contribution is -0.169. The SMILES string of the molecule is C[C@@H](CC(=O)c1ncc2c(n1)N[C@H]1CCCN2C1)C(F)(F)F.Cc1ncc(-c2ccnc(N)c2)o1.Cc1ncc(-c2ccnc(NC(=O)N3c4nc(C(=O)C[C@H](C)C(F)(F)F)ncc4N4CCC[C@H]3C4)c2)o1. The fraction of sp³-hybridized carbons (Fsp3) is 0.426. The van der Waals surface area contributed by atoms with Crippen LogP contribution in [0.2, 0.25) is 0 Å². The topological polar surface area (TPSA) is 240 Å². The first-order chi connectivity index (χ1) is 34.2. The number of Topliss-reactive ketones (excluding diaryl/α,β-unsaturated/α-hetero) is 2. The largest absolute Gasteiger partial charge is 0.441 e. The molecule has 4 atom stereocenters. The number of piperidine rings is 2. The van der Waals surface area contributed by atoms with Crippen LogP contribution in [-0.2, 0) is 0 Å². The van der Waals surface area contributed by atoms with E-state index >= 15 is 0 Å². The van der Waals surface area contributed by atoms with Gasteiger partial charge in [-0.15, -0.1) is 0 Å². The summed E-state index contributed by atoms with van der Waals surface area (Å²) in [6, 6.07) is 6.45. The lowest BCUT2D eigenvalue weighted by Gasteiger charge is -2.45. The van der Waals surface area contributed by atoms with Crippen molar-refractivity contribution in [3.8, 4) is 22.6 Å². The molecule has 25 heteroatoms. The third-order valence-electron chi connectivity index (χ3n) is 12.4. The number of fused-ring (bicyclic) bond motifs is 8. The van der Waals surface area contributed by atoms with E-state index in [0.29, 0.717) is 59.2 Å². The second-order valence-corrected chi connectivity index (χ2v) is 17.8. The monoisotopic (exact) mass is 1000 g/mol. The number of nitrogens with one attached hydrogen (secondary N) is 2. The fourth-order valence-electron chi connectivity index (χ4n) is 8.46. The number of urea groups is 1. The highest BCUT2D eigenvalue weighted by Crippen LogP contribution is 2.39. The first kappa shape index (κ1) is 50.7. The molecule has 72 heavy (non-hydrogen) atoms. The van der Waals surface area contributed by atoms with Gasteiger partial charge in [0.1, 0.15) is 11.6 Å². The van der Waals surface area contributed by atoms with Crippen LogP contribution in [0.4, 0.5) is 65.8 Å². The maximum Gasteiger partial charge on any atom is 0.391 e. The van der Waals surface area contributed by atoms with Crippen LogP contribution in [0.25, 0.3) is 22.6 Å². The average molecular weight is 1000 g/mol. The molecule has 6 aromatic rings. The molecule has 6 aromatic heterocycles. The number of nitrogens with two attached hydrogens (primary N) is 1. The summed E-state index contributed by atoms with van der Waals surface area (Å²) >= 11 is 0. The van der Waals surface area contributed by atoms with E-state index < -0.39 is 54.6 Å². The molecule has 380 valence electrons. The summed E-state index contributed by atoms with van der Waals surface area (Å²) in [5.74, 6) is -1.70. The molecule has 2 amide bonds. The molecule has 0 unspecified atom stereocenters. The normalized spacial score (nSPS) is 17.7. The summed E-state index contributed by atoms with van der Waals surface area (Å²) in [7, 11) is 0. The number of carbonyl (C=O) groups excluding carboxylic acids is 3. The van der Waals surface area contributed by atoms with E-state index in [1.807, 2.05) is 11.0 Å². The Balaban J connectivity index is 0.000000166. The van der Waals surface area contributed by atoms with E-state index in [-0.39, 0.29) is 35.4 Å². The van der Waals surface area contributed by atoms with Crippen molar-refractivity contribution in [1.82, 2.24) is 39.9 Å². The quantitative estimate of drug-likeness (QED) is 0.0904. The van der Waals surface area contributed by atoms with Gasteiger partial charge >= 0.3 is 18.4 Å². The summed E-state index contributed by atoms with van der Waals surface area (Å²) in [6.07, 6.45) is 2.66. The van der Waals surface area contributed by atoms with Crippen molar-refractivity contribution in [2.24, 2.45) is 11.8 Å². The molecule has 4 N–H and O–H groups in total. The molecule has 4 aliphatic heterocycles. The van der Waals surface area contributed by atoms with E-state index in [4.69, 9.17) is 14.6 Å². The summed E-state index contributed by atoms with van der Waals surface area (Å²) in [6.45, 7) is 8.50. The number of pyridine rings is 2. The van der Waals surface area contributed by atoms with Crippen LogP contribution in [0.15, 0.2) is 70.3 Å². The van der Waals surface area contributed by atoms with Gasteiger partial charge in [-0.2, -0.15) is 26.3 Å². The van der Waals surface area contributed by atoms with Gasteiger partial charge in [0.05, 0.1) is 54.0 Å². The maximum atomic E-state index is 13.5. The highest BCUT2D eigenvalue weighted by Gasteiger charge is 2.42. The molecule has 0 radical (unpaired) electrons. The molecule has 2 saturated heterocycles. The molecular formula is C47H50F6N14O5. The van der Waals surface area contributed by atoms with E-state index in [0.717, 1.165) is 64.0 Å². The molecule has 0 saturated carbocycles. The minimum Gasteiger partial charge on any atom is -0.441 e. The lowest BCUT2D eigenvalue weighted by atomic mass is 10.00. The van der Waals surface area contributed by atoms with Crippen LogP contribution in [-0.4, -0.2) is 108 Å². The van der Waals surface area contributed by atoms with Crippen molar-refractivity contribution in [2.45, 2.75) is 90.7 Å². The number of amides is 2. The number of ketones is 2. The fourth-order valence-corrected chi connectivity index (χ4v) is 8.46. The van der Waals surface area contributed by atoms with Crippen LogP contribution in [0.1, 0.15) is 85.4 Å². The molecule has 4 aliphatic rings. The third-order valence-corrected chi connectivity index (χ3v) is 12.4. The van der Waals surface area contributed by atoms with Crippen LogP contribution >= 0.6 is 0 Å². The number of hydrogen-bond donors (Lipinski definition) is 3. The van der Waals surface area contributed by atoms with E-state index in [9.17, 15) is 40.7 Å². The van der Waals surface area contributed by atoms with Crippen molar-refractivity contribution in [3.05, 3.63) is 84.9 Å². The summed E-state index contributed by atoms with van der Waals surface area (Å²) in [5, 5.41) is 6.01. The van der Waals surface area contributed by atoms with Crippen molar-refractivity contribution in [2.75, 3.05) is 57.2 Å². The predicted octanol–water partition coefficient (Wildman–Crippen LogP) is 8.90. The number of oxazole rings is 2. The van der Waals surface area contributed by atoms with Gasteiger partial charge in [0.2, 0.25) is 11.6 Å². The summed E-state index contributed by atoms with van der Waals surface area (Å²) < 4.78 is 87.5. The number of anilines is 6. The van der Waals surface area contributed by atoms with Gasteiger partial charge in [-0.25, -0.2) is 44.7 Å². The van der Waals surface area contributed by atoms with Crippen LogP contribution in [0, 0.1) is 25.7 Å². The Kier molecular flexibility index (Phi) is 14.7. The molecule has 2 fully saturated rings. The molecule has 0 aromatic carbocycles. The number of rotatable bonds is 9. The highest BCUT2D eigenvalue weighted by molar-refractivity contribution is 6.04. The summed E-state index contributed by atoms with van der Waals surface area (Å²) in [5.41, 5.74) is 8.46. The van der Waals surface area contributed by atoms with Crippen LogP contribution in [0.5, 0.6) is 0 Å². The molecular weight excluding hydrogens is 955 g/mol. The second kappa shape index (κ2) is 20.9. The van der Waals surface area contributed by atoms with E-state index in [2.05, 4.69) is 55.4 Å². The Morgan fingerprint density at radius 3 is 1.88 bits per heavy atom. The second-order valence-electron chi connectivity index (χ2n) is 17.8. The van der Waals surface area contributed by atoms with Gasteiger partial charge in [-0.1, -0.05) is 13.8 Å². The Labute approximate surface area is 408 Å². The zero-order valence-corrected chi connectivity index (χ0v) is 39.5. The van der Waals surface area contributed by atoms with Gasteiger partial charge in [0.25, 0.3) is 0 Å². The van der Waals surface area contributed by atoms with Crippen LogP contribution < -0.4 is 31.1 Å². The van der Waals surface area contributed by atoms with Crippen molar-refractivity contribution in [3.63, 3.8) is 0 Å². The highest BCUT2D eigenvalue weighted by atomic mass is 19.4. The maximum absolute atomic E-state index is 13.5.